The van der Waals surface area contributed by atoms with Crippen LogP contribution in [0.5, 0.6) is 28.7 Å². The van der Waals surface area contributed by atoms with Crippen LogP contribution in [0.15, 0.2) is 30.3 Å². The summed E-state index contributed by atoms with van der Waals surface area (Å²) >= 11 is 0. The minimum absolute atomic E-state index is 0.0252. The summed E-state index contributed by atoms with van der Waals surface area (Å²) in [4.78, 5) is 0. The van der Waals surface area contributed by atoms with Gasteiger partial charge in [-0.2, -0.15) is 0 Å². The second-order valence-electron chi connectivity index (χ2n) is 4.18. The van der Waals surface area contributed by atoms with E-state index in [9.17, 15) is 15.3 Å². The quantitative estimate of drug-likeness (QED) is 0.738. The molecule has 0 unspecified atom stereocenters. The maximum absolute atomic E-state index is 9.75. The van der Waals surface area contributed by atoms with Crippen LogP contribution in [-0.4, -0.2) is 29.5 Å². The minimum atomic E-state index is -0.160. The number of benzene rings is 2. The smallest absolute Gasteiger partial charge is 0.162 e. The molecule has 2 rings (SSSR count). The second kappa shape index (κ2) is 5.97. The second-order valence-corrected chi connectivity index (χ2v) is 4.18. The van der Waals surface area contributed by atoms with Crippen molar-refractivity contribution in [1.82, 2.24) is 0 Å². The Morgan fingerprint density at radius 2 is 1.43 bits per heavy atom. The van der Waals surface area contributed by atoms with E-state index >= 15 is 0 Å². The zero-order valence-corrected chi connectivity index (χ0v) is 11.5. The summed E-state index contributed by atoms with van der Waals surface area (Å²) in [6, 6.07) is 7.28. The molecule has 0 saturated carbocycles. The van der Waals surface area contributed by atoms with Crippen molar-refractivity contribution in [1.29, 1.82) is 0 Å². The Morgan fingerprint density at radius 1 is 0.762 bits per heavy atom. The maximum Gasteiger partial charge on any atom is 0.162 e. The molecule has 0 saturated heterocycles. The molecular weight excluding hydrogens is 272 g/mol. The summed E-state index contributed by atoms with van der Waals surface area (Å²) in [6.45, 7) is 0. The highest BCUT2D eigenvalue weighted by Crippen LogP contribution is 2.32. The average Bonchev–Trinajstić information content (AvgIpc) is 2.47. The van der Waals surface area contributed by atoms with Gasteiger partial charge in [-0.25, -0.2) is 0 Å². The molecule has 2 aromatic carbocycles. The van der Waals surface area contributed by atoms with Crippen LogP contribution in [-0.2, 0) is 0 Å². The van der Waals surface area contributed by atoms with Crippen molar-refractivity contribution in [3.05, 3.63) is 41.5 Å². The molecule has 0 amide bonds. The van der Waals surface area contributed by atoms with Crippen LogP contribution in [0.1, 0.15) is 11.1 Å². The van der Waals surface area contributed by atoms with Crippen molar-refractivity contribution in [3.63, 3.8) is 0 Å². The monoisotopic (exact) mass is 286 g/mol. The lowest BCUT2D eigenvalue weighted by atomic mass is 10.1. The van der Waals surface area contributed by atoms with E-state index in [0.29, 0.717) is 16.9 Å². The zero-order valence-electron chi connectivity index (χ0n) is 11.5. The van der Waals surface area contributed by atoms with Crippen LogP contribution >= 0.6 is 0 Å². The first-order valence-electron chi connectivity index (χ1n) is 6.04. The lowest BCUT2D eigenvalue weighted by molar-refractivity contribution is 0.369. The van der Waals surface area contributed by atoms with Crippen molar-refractivity contribution >= 4 is 0 Å². The standard InChI is InChI=1S/C16H14O5/c1-20-15-7-10(4-6-12(15)17)3-5-11-8-16(21-2)14(19)9-13(11)18/h4,6-9,17-19H,1-2H3. The Kier molecular flexibility index (Phi) is 4.10. The van der Waals surface area contributed by atoms with Gasteiger partial charge in [-0.15, -0.1) is 0 Å². The van der Waals surface area contributed by atoms with Crippen LogP contribution in [0.25, 0.3) is 0 Å². The predicted octanol–water partition coefficient (Wildman–Crippen LogP) is 2.22. The first kappa shape index (κ1) is 14.4. The summed E-state index contributed by atoms with van der Waals surface area (Å²) in [5.41, 5.74) is 0.924. The molecule has 0 bridgehead atoms. The Bertz CT molecular complexity index is 725. The zero-order chi connectivity index (χ0) is 15.4. The molecule has 0 radical (unpaired) electrons. The first-order chi connectivity index (χ1) is 10.0. The van der Waals surface area contributed by atoms with Gasteiger partial charge in [0.2, 0.25) is 0 Å². The van der Waals surface area contributed by atoms with E-state index in [2.05, 4.69) is 11.8 Å². The van der Waals surface area contributed by atoms with Gasteiger partial charge in [0.25, 0.3) is 0 Å². The molecule has 5 nitrogen and oxygen atoms in total. The van der Waals surface area contributed by atoms with Crippen molar-refractivity contribution in [3.8, 4) is 40.6 Å². The topological polar surface area (TPSA) is 79.2 Å². The number of hydrogen-bond acceptors (Lipinski definition) is 5. The normalized spacial score (nSPS) is 9.62. The highest BCUT2D eigenvalue weighted by molar-refractivity contribution is 5.57. The highest BCUT2D eigenvalue weighted by atomic mass is 16.5. The molecule has 0 aromatic heterocycles. The third-order valence-electron chi connectivity index (χ3n) is 2.82. The fourth-order valence-corrected chi connectivity index (χ4v) is 1.72. The number of methoxy groups -OCH3 is 2. The van der Waals surface area contributed by atoms with Gasteiger partial charge in [0.05, 0.1) is 19.8 Å². The van der Waals surface area contributed by atoms with Crippen molar-refractivity contribution in [2.45, 2.75) is 0 Å². The Labute approximate surface area is 122 Å². The largest absolute Gasteiger partial charge is 0.507 e. The number of hydrogen-bond donors (Lipinski definition) is 3. The molecular formula is C16H14O5. The highest BCUT2D eigenvalue weighted by Gasteiger charge is 2.07. The van der Waals surface area contributed by atoms with Gasteiger partial charge in [-0.05, 0) is 18.2 Å². The van der Waals surface area contributed by atoms with Crippen LogP contribution in [0.4, 0.5) is 0 Å². The van der Waals surface area contributed by atoms with Crippen LogP contribution in [0.3, 0.4) is 0 Å². The van der Waals surface area contributed by atoms with E-state index in [1.807, 2.05) is 0 Å². The molecule has 21 heavy (non-hydrogen) atoms. The summed E-state index contributed by atoms with van der Waals surface area (Å²) in [5.74, 6) is 5.86. The Morgan fingerprint density at radius 3 is 2.10 bits per heavy atom. The Hall–Kier alpha value is -3.00. The number of phenols is 3. The van der Waals surface area contributed by atoms with Crippen LogP contribution < -0.4 is 9.47 Å². The molecule has 0 heterocycles. The van der Waals surface area contributed by atoms with E-state index < -0.39 is 0 Å². The summed E-state index contributed by atoms with van der Waals surface area (Å²) in [5, 5.41) is 28.8. The van der Waals surface area contributed by atoms with Gasteiger partial charge in [-0.1, -0.05) is 11.8 Å². The van der Waals surface area contributed by atoms with E-state index in [0.717, 1.165) is 0 Å². The molecule has 108 valence electrons. The number of ether oxygens (including phenoxy) is 2. The molecule has 2 aromatic rings. The molecule has 0 fully saturated rings. The number of aromatic hydroxyl groups is 3. The molecule has 0 atom stereocenters. The summed E-state index contributed by atoms with van der Waals surface area (Å²) < 4.78 is 9.96. The van der Waals surface area contributed by atoms with Gasteiger partial charge < -0.3 is 24.8 Å². The van der Waals surface area contributed by atoms with Gasteiger partial charge >= 0.3 is 0 Å². The minimum Gasteiger partial charge on any atom is -0.507 e. The maximum atomic E-state index is 9.75. The van der Waals surface area contributed by atoms with Gasteiger partial charge in [0, 0.05) is 17.7 Å². The predicted molar refractivity (Wildman–Crippen MR) is 77.0 cm³/mol. The molecule has 0 aliphatic heterocycles. The lowest BCUT2D eigenvalue weighted by Gasteiger charge is -2.05. The SMILES string of the molecule is COc1cc(C#Cc2cc(OC)c(O)cc2O)ccc1O. The van der Waals surface area contributed by atoms with Gasteiger partial charge in [-0.3, -0.25) is 0 Å². The number of phenolic OH excluding ortho intramolecular Hbond substituents is 3. The van der Waals surface area contributed by atoms with Crippen molar-refractivity contribution < 1.29 is 24.8 Å². The molecule has 0 spiro atoms. The van der Waals surface area contributed by atoms with E-state index in [1.165, 1.54) is 32.4 Å². The summed E-state index contributed by atoms with van der Waals surface area (Å²) in [6.07, 6.45) is 0. The number of rotatable bonds is 2. The first-order valence-corrected chi connectivity index (χ1v) is 6.04. The van der Waals surface area contributed by atoms with Gasteiger partial charge in [0.15, 0.2) is 23.0 Å². The van der Waals surface area contributed by atoms with Crippen LogP contribution in [0, 0.1) is 11.8 Å². The fourth-order valence-electron chi connectivity index (χ4n) is 1.72. The summed E-state index contributed by atoms with van der Waals surface area (Å²) in [7, 11) is 2.86. The third kappa shape index (κ3) is 3.12. The van der Waals surface area contributed by atoms with Crippen molar-refractivity contribution in [2.24, 2.45) is 0 Å². The fraction of sp³-hybridized carbons (Fsp3) is 0.125. The lowest BCUT2D eigenvalue weighted by Crippen LogP contribution is -1.87. The third-order valence-corrected chi connectivity index (χ3v) is 2.82. The molecule has 5 heteroatoms. The van der Waals surface area contributed by atoms with E-state index in [4.69, 9.17) is 9.47 Å². The van der Waals surface area contributed by atoms with Crippen molar-refractivity contribution in [2.75, 3.05) is 14.2 Å². The van der Waals surface area contributed by atoms with E-state index in [-0.39, 0.29) is 23.0 Å². The molecule has 0 aliphatic carbocycles. The Balaban J connectivity index is 2.39. The van der Waals surface area contributed by atoms with Gasteiger partial charge in [0.1, 0.15) is 5.75 Å². The van der Waals surface area contributed by atoms with E-state index in [1.54, 1.807) is 12.1 Å². The molecule has 0 aliphatic rings. The van der Waals surface area contributed by atoms with Crippen LogP contribution in [0.2, 0.25) is 0 Å². The average molecular weight is 286 g/mol. The molecule has 3 N–H and O–H groups in total.